The topological polar surface area (TPSA) is 42.4 Å². The first-order valence-corrected chi connectivity index (χ1v) is 6.91. The molecule has 0 saturated carbocycles. The highest BCUT2D eigenvalue weighted by Gasteiger charge is 2.21. The summed E-state index contributed by atoms with van der Waals surface area (Å²) in [5.41, 5.74) is 0.421. The molecule has 1 fully saturated rings. The van der Waals surface area contributed by atoms with Crippen molar-refractivity contribution in [2.45, 2.75) is 26.2 Å². The van der Waals surface area contributed by atoms with E-state index in [1.54, 1.807) is 5.38 Å². The molecule has 1 aliphatic heterocycles. The molecule has 1 aromatic rings. The fraction of sp³-hybridized carbons (Fsp3) is 0.667. The van der Waals surface area contributed by atoms with Crippen LogP contribution in [0.1, 0.15) is 36.7 Å². The van der Waals surface area contributed by atoms with Crippen molar-refractivity contribution in [2.24, 2.45) is 5.92 Å². The van der Waals surface area contributed by atoms with Gasteiger partial charge < -0.3 is 9.64 Å². The number of hydrogen-bond donors (Lipinski definition) is 0. The van der Waals surface area contributed by atoms with Crippen LogP contribution >= 0.6 is 11.3 Å². The summed E-state index contributed by atoms with van der Waals surface area (Å²) < 4.78 is 4.66. The molecule has 0 unspecified atom stereocenters. The molecule has 0 N–H and O–H groups in total. The number of hydrogen-bond acceptors (Lipinski definition) is 5. The number of thiazole rings is 1. The molecule has 0 atom stereocenters. The Morgan fingerprint density at radius 2 is 2.29 bits per heavy atom. The van der Waals surface area contributed by atoms with Gasteiger partial charge >= 0.3 is 5.97 Å². The summed E-state index contributed by atoms with van der Waals surface area (Å²) in [5.74, 6) is 0.502. The van der Waals surface area contributed by atoms with E-state index in [2.05, 4.69) is 21.5 Å². The molecule has 4 nitrogen and oxygen atoms in total. The summed E-state index contributed by atoms with van der Waals surface area (Å²) in [6, 6.07) is 0. The Labute approximate surface area is 106 Å². The van der Waals surface area contributed by atoms with Gasteiger partial charge in [-0.3, -0.25) is 0 Å². The van der Waals surface area contributed by atoms with Crippen molar-refractivity contribution in [3.8, 4) is 0 Å². The predicted octanol–water partition coefficient (Wildman–Crippen LogP) is 2.56. The van der Waals surface area contributed by atoms with Crippen LogP contribution in [0.4, 0.5) is 5.13 Å². The van der Waals surface area contributed by atoms with Crippen molar-refractivity contribution in [1.29, 1.82) is 0 Å². The number of carbonyl (C=O) groups is 1. The van der Waals surface area contributed by atoms with E-state index in [4.69, 9.17) is 0 Å². The van der Waals surface area contributed by atoms with Crippen LogP contribution in [0, 0.1) is 5.92 Å². The van der Waals surface area contributed by atoms with Crippen LogP contribution in [-0.4, -0.2) is 31.2 Å². The Kier molecular flexibility index (Phi) is 3.99. The van der Waals surface area contributed by atoms with Gasteiger partial charge in [0.05, 0.1) is 7.11 Å². The molecule has 5 heteroatoms. The van der Waals surface area contributed by atoms with Crippen LogP contribution in [0.25, 0.3) is 0 Å². The highest BCUT2D eigenvalue weighted by molar-refractivity contribution is 7.13. The molecule has 2 heterocycles. The first-order chi connectivity index (χ1) is 8.24. The van der Waals surface area contributed by atoms with Crippen molar-refractivity contribution >= 4 is 22.4 Å². The molecule has 0 bridgehead atoms. The molecule has 0 aliphatic carbocycles. The normalized spacial score (nSPS) is 17.2. The molecule has 94 valence electrons. The van der Waals surface area contributed by atoms with Crippen molar-refractivity contribution in [1.82, 2.24) is 4.98 Å². The number of anilines is 1. The fourth-order valence-electron chi connectivity index (χ4n) is 2.14. The lowest BCUT2D eigenvalue weighted by molar-refractivity contribution is 0.0595. The van der Waals surface area contributed by atoms with Gasteiger partial charge in [-0.15, -0.1) is 11.3 Å². The summed E-state index contributed by atoms with van der Waals surface area (Å²) in [5, 5.41) is 2.72. The van der Waals surface area contributed by atoms with E-state index in [1.165, 1.54) is 37.7 Å². The standard InChI is InChI=1S/C12H18N2O2S/c1-3-9-4-6-14(7-5-9)12-13-10(8-17-12)11(15)16-2/h8-9H,3-7H2,1-2H3. The number of rotatable bonds is 3. The van der Waals surface area contributed by atoms with Crippen molar-refractivity contribution in [3.05, 3.63) is 11.1 Å². The second-order valence-electron chi connectivity index (χ2n) is 4.35. The molecule has 2 rings (SSSR count). The number of ether oxygens (including phenoxy) is 1. The zero-order chi connectivity index (χ0) is 12.3. The van der Waals surface area contributed by atoms with Gasteiger partial charge in [0, 0.05) is 18.5 Å². The summed E-state index contributed by atoms with van der Waals surface area (Å²) in [4.78, 5) is 17.9. The van der Waals surface area contributed by atoms with Crippen LogP contribution in [0.15, 0.2) is 5.38 Å². The van der Waals surface area contributed by atoms with Crippen LogP contribution in [-0.2, 0) is 4.74 Å². The number of aromatic nitrogens is 1. The number of piperidine rings is 1. The predicted molar refractivity (Wildman–Crippen MR) is 68.7 cm³/mol. The maximum atomic E-state index is 11.3. The van der Waals surface area contributed by atoms with Gasteiger partial charge in [-0.2, -0.15) is 0 Å². The van der Waals surface area contributed by atoms with Gasteiger partial charge in [0.15, 0.2) is 10.8 Å². The zero-order valence-electron chi connectivity index (χ0n) is 10.3. The summed E-state index contributed by atoms with van der Waals surface area (Å²) in [7, 11) is 1.38. The molecular weight excluding hydrogens is 236 g/mol. The van der Waals surface area contributed by atoms with Crippen LogP contribution in [0.3, 0.4) is 0 Å². The largest absolute Gasteiger partial charge is 0.464 e. The average Bonchev–Trinajstić information content (AvgIpc) is 2.87. The SMILES string of the molecule is CCC1CCN(c2nc(C(=O)OC)cs2)CC1. The zero-order valence-corrected chi connectivity index (χ0v) is 11.1. The molecule has 0 spiro atoms. The van der Waals surface area contributed by atoms with Gasteiger partial charge in [-0.1, -0.05) is 13.3 Å². The van der Waals surface area contributed by atoms with E-state index < -0.39 is 0 Å². The van der Waals surface area contributed by atoms with Crippen molar-refractivity contribution in [2.75, 3.05) is 25.1 Å². The van der Waals surface area contributed by atoms with Crippen LogP contribution in [0.5, 0.6) is 0 Å². The minimum atomic E-state index is -0.351. The summed E-state index contributed by atoms with van der Waals surface area (Å²) in [6.07, 6.45) is 3.71. The third-order valence-electron chi connectivity index (χ3n) is 3.35. The molecule has 0 radical (unpaired) electrons. The molecule has 1 aliphatic rings. The monoisotopic (exact) mass is 254 g/mol. The fourth-order valence-corrected chi connectivity index (χ4v) is 2.99. The maximum absolute atomic E-state index is 11.3. The van der Waals surface area contributed by atoms with Crippen molar-refractivity contribution < 1.29 is 9.53 Å². The van der Waals surface area contributed by atoms with E-state index in [1.807, 2.05) is 0 Å². The highest BCUT2D eigenvalue weighted by atomic mass is 32.1. The lowest BCUT2D eigenvalue weighted by Gasteiger charge is -2.31. The number of methoxy groups -OCH3 is 1. The molecule has 0 amide bonds. The Morgan fingerprint density at radius 1 is 1.59 bits per heavy atom. The third-order valence-corrected chi connectivity index (χ3v) is 4.25. The lowest BCUT2D eigenvalue weighted by atomic mass is 9.95. The minimum absolute atomic E-state index is 0.351. The minimum Gasteiger partial charge on any atom is -0.464 e. The first-order valence-electron chi connectivity index (χ1n) is 6.03. The smallest absolute Gasteiger partial charge is 0.357 e. The third kappa shape index (κ3) is 2.77. The van der Waals surface area contributed by atoms with Gasteiger partial charge in [-0.25, -0.2) is 9.78 Å². The van der Waals surface area contributed by atoms with Gasteiger partial charge in [0.1, 0.15) is 0 Å². The first kappa shape index (κ1) is 12.4. The maximum Gasteiger partial charge on any atom is 0.357 e. The van der Waals surface area contributed by atoms with Crippen molar-refractivity contribution in [3.63, 3.8) is 0 Å². The molecule has 17 heavy (non-hydrogen) atoms. The second kappa shape index (κ2) is 5.49. The average molecular weight is 254 g/mol. The van der Waals surface area contributed by atoms with E-state index in [-0.39, 0.29) is 5.97 Å². The molecule has 1 saturated heterocycles. The van der Waals surface area contributed by atoms with Gasteiger partial charge in [0.25, 0.3) is 0 Å². The van der Waals surface area contributed by atoms with E-state index in [0.29, 0.717) is 5.69 Å². The van der Waals surface area contributed by atoms with E-state index in [0.717, 1.165) is 24.1 Å². The van der Waals surface area contributed by atoms with Crippen LogP contribution < -0.4 is 4.90 Å². The second-order valence-corrected chi connectivity index (χ2v) is 5.18. The number of carbonyl (C=O) groups excluding carboxylic acids is 1. The van der Waals surface area contributed by atoms with Gasteiger partial charge in [0.2, 0.25) is 0 Å². The number of nitrogens with zero attached hydrogens (tertiary/aromatic N) is 2. The molecule has 0 aromatic carbocycles. The number of esters is 1. The summed E-state index contributed by atoms with van der Waals surface area (Å²) >= 11 is 1.52. The van der Waals surface area contributed by atoms with E-state index in [9.17, 15) is 4.79 Å². The molecular formula is C12H18N2O2S. The Bertz CT molecular complexity index is 384. The van der Waals surface area contributed by atoms with E-state index >= 15 is 0 Å². The Morgan fingerprint density at radius 3 is 2.88 bits per heavy atom. The quantitative estimate of drug-likeness (QED) is 0.777. The molecule has 1 aromatic heterocycles. The Balaban J connectivity index is 1.99. The summed E-state index contributed by atoms with van der Waals surface area (Å²) in [6.45, 7) is 4.35. The Hall–Kier alpha value is -1.10. The van der Waals surface area contributed by atoms with Crippen LogP contribution in [0.2, 0.25) is 0 Å². The highest BCUT2D eigenvalue weighted by Crippen LogP contribution is 2.27. The van der Waals surface area contributed by atoms with Gasteiger partial charge in [-0.05, 0) is 18.8 Å². The lowest BCUT2D eigenvalue weighted by Crippen LogP contribution is -2.33.